The fraction of sp³-hybridized carbons (Fsp3) is 0.118. The van der Waals surface area contributed by atoms with Crippen LogP contribution in [0, 0.1) is 10.1 Å². The molecule has 0 bridgehead atoms. The molecule has 1 heterocycles. The van der Waals surface area contributed by atoms with Crippen LogP contribution in [0.5, 0.6) is 0 Å². The normalized spacial score (nSPS) is 11.4. The van der Waals surface area contributed by atoms with Crippen molar-refractivity contribution in [3.05, 3.63) is 86.4 Å². The summed E-state index contributed by atoms with van der Waals surface area (Å²) in [5.41, 5.74) is 1.75. The number of nitro benzene ring substituents is 1. The molecule has 1 aromatic heterocycles. The summed E-state index contributed by atoms with van der Waals surface area (Å²) in [7, 11) is 0. The zero-order chi connectivity index (χ0) is 19.2. The lowest BCUT2D eigenvalue weighted by atomic mass is 10.1. The minimum atomic E-state index is -0.462. The first-order valence-electron chi connectivity index (χ1n) is 7.73. The standard InChI is InChI=1S/C17H13Cl2N5O3/c18-13-4-5-15(16(19)7-13)17(8-23-11-20-10-21-23)22-27-9-12-2-1-3-14(6-12)24(25)26/h1-7,10-11H,8-9H2. The van der Waals surface area contributed by atoms with Crippen molar-refractivity contribution >= 4 is 34.6 Å². The van der Waals surface area contributed by atoms with E-state index >= 15 is 0 Å². The molecule has 27 heavy (non-hydrogen) atoms. The van der Waals surface area contributed by atoms with Crippen molar-refractivity contribution in [2.24, 2.45) is 5.16 Å². The van der Waals surface area contributed by atoms with Gasteiger partial charge in [0.25, 0.3) is 5.69 Å². The Kier molecular flexibility index (Phi) is 6.00. The minimum Gasteiger partial charge on any atom is -0.391 e. The van der Waals surface area contributed by atoms with Crippen LogP contribution in [0.15, 0.2) is 60.3 Å². The molecule has 3 aromatic rings. The Morgan fingerprint density at radius 2 is 2.11 bits per heavy atom. The second-order valence-electron chi connectivity index (χ2n) is 5.46. The summed E-state index contributed by atoms with van der Waals surface area (Å²) in [4.78, 5) is 19.7. The van der Waals surface area contributed by atoms with Crippen molar-refractivity contribution in [1.82, 2.24) is 14.8 Å². The van der Waals surface area contributed by atoms with Crippen molar-refractivity contribution in [3.8, 4) is 0 Å². The van der Waals surface area contributed by atoms with Crippen LogP contribution in [-0.4, -0.2) is 25.4 Å². The first-order chi connectivity index (χ1) is 13.0. The summed E-state index contributed by atoms with van der Waals surface area (Å²) < 4.78 is 1.57. The number of non-ortho nitro benzene ring substituents is 1. The highest BCUT2D eigenvalue weighted by Crippen LogP contribution is 2.22. The Morgan fingerprint density at radius 1 is 1.26 bits per heavy atom. The fourth-order valence-electron chi connectivity index (χ4n) is 2.30. The molecule has 3 rings (SSSR count). The second kappa shape index (κ2) is 8.61. The first-order valence-corrected chi connectivity index (χ1v) is 8.48. The molecule has 0 N–H and O–H groups in total. The van der Waals surface area contributed by atoms with E-state index in [1.807, 2.05) is 0 Å². The molecule has 0 amide bonds. The van der Waals surface area contributed by atoms with Gasteiger partial charge < -0.3 is 4.84 Å². The van der Waals surface area contributed by atoms with Gasteiger partial charge in [0.15, 0.2) is 0 Å². The topological polar surface area (TPSA) is 95.4 Å². The largest absolute Gasteiger partial charge is 0.391 e. The van der Waals surface area contributed by atoms with Gasteiger partial charge >= 0.3 is 0 Å². The molecule has 8 nitrogen and oxygen atoms in total. The summed E-state index contributed by atoms with van der Waals surface area (Å²) in [6.45, 7) is 0.337. The molecule has 0 radical (unpaired) electrons. The number of rotatable bonds is 7. The van der Waals surface area contributed by atoms with Crippen LogP contribution < -0.4 is 0 Å². The van der Waals surface area contributed by atoms with Gasteiger partial charge in [-0.05, 0) is 23.8 Å². The molecule has 10 heteroatoms. The second-order valence-corrected chi connectivity index (χ2v) is 6.30. The van der Waals surface area contributed by atoms with E-state index in [1.54, 1.807) is 41.3 Å². The molecular formula is C17H13Cl2N5O3. The first kappa shape index (κ1) is 18.8. The molecule has 0 unspecified atom stereocenters. The van der Waals surface area contributed by atoms with Gasteiger partial charge in [0.1, 0.15) is 25.0 Å². The van der Waals surface area contributed by atoms with Crippen LogP contribution in [0.2, 0.25) is 10.0 Å². The van der Waals surface area contributed by atoms with Gasteiger partial charge in [0.2, 0.25) is 0 Å². The molecule has 0 aliphatic rings. The SMILES string of the molecule is O=[N+]([O-])c1cccc(CON=C(Cn2cncn2)c2ccc(Cl)cc2Cl)c1. The number of oxime groups is 1. The van der Waals surface area contributed by atoms with E-state index in [2.05, 4.69) is 15.2 Å². The Morgan fingerprint density at radius 3 is 2.81 bits per heavy atom. The van der Waals surface area contributed by atoms with Crippen LogP contribution in [0.1, 0.15) is 11.1 Å². The summed E-state index contributed by atoms with van der Waals surface area (Å²) >= 11 is 12.2. The Bertz CT molecular complexity index is 976. The molecule has 0 saturated carbocycles. The van der Waals surface area contributed by atoms with E-state index < -0.39 is 4.92 Å². The van der Waals surface area contributed by atoms with Crippen LogP contribution in [-0.2, 0) is 18.0 Å². The van der Waals surface area contributed by atoms with E-state index in [9.17, 15) is 10.1 Å². The molecule has 0 aliphatic heterocycles. The van der Waals surface area contributed by atoms with Crippen molar-refractivity contribution in [3.63, 3.8) is 0 Å². The highest BCUT2D eigenvalue weighted by molar-refractivity contribution is 6.37. The van der Waals surface area contributed by atoms with Gasteiger partial charge in [0.05, 0.1) is 16.5 Å². The quantitative estimate of drug-likeness (QED) is 0.334. The fourth-order valence-corrected chi connectivity index (χ4v) is 2.82. The van der Waals surface area contributed by atoms with Crippen molar-refractivity contribution in [1.29, 1.82) is 0 Å². The van der Waals surface area contributed by atoms with Crippen LogP contribution >= 0.6 is 23.2 Å². The molecule has 0 aliphatic carbocycles. The lowest BCUT2D eigenvalue weighted by Gasteiger charge is -2.09. The number of halogens is 2. The summed E-state index contributed by atoms with van der Waals surface area (Å²) in [6.07, 6.45) is 2.95. The highest BCUT2D eigenvalue weighted by atomic mass is 35.5. The Balaban J connectivity index is 1.81. The van der Waals surface area contributed by atoms with E-state index in [0.717, 1.165) is 0 Å². The zero-order valence-electron chi connectivity index (χ0n) is 13.8. The lowest BCUT2D eigenvalue weighted by Crippen LogP contribution is -2.13. The van der Waals surface area contributed by atoms with Crippen LogP contribution in [0.25, 0.3) is 0 Å². The summed E-state index contributed by atoms with van der Waals surface area (Å²) in [5, 5.41) is 20.0. The molecule has 138 valence electrons. The van der Waals surface area contributed by atoms with Gasteiger partial charge in [-0.2, -0.15) is 5.10 Å². The van der Waals surface area contributed by atoms with Gasteiger partial charge in [-0.15, -0.1) is 0 Å². The Hall–Kier alpha value is -2.97. The predicted octanol–water partition coefficient (Wildman–Crippen LogP) is 4.11. The maximum atomic E-state index is 10.9. The molecular weight excluding hydrogens is 393 g/mol. The van der Waals surface area contributed by atoms with E-state index in [0.29, 0.717) is 26.9 Å². The Labute approximate surface area is 164 Å². The van der Waals surface area contributed by atoms with Crippen molar-refractivity contribution in [2.45, 2.75) is 13.2 Å². The number of nitro groups is 1. The number of hydrogen-bond donors (Lipinski definition) is 0. The van der Waals surface area contributed by atoms with Crippen molar-refractivity contribution in [2.75, 3.05) is 0 Å². The molecule has 2 aromatic carbocycles. The predicted molar refractivity (Wildman–Crippen MR) is 101 cm³/mol. The third kappa shape index (κ3) is 5.02. The van der Waals surface area contributed by atoms with Crippen LogP contribution in [0.3, 0.4) is 0 Å². The summed E-state index contributed by atoms with van der Waals surface area (Å²) in [6, 6.07) is 11.2. The molecule has 0 saturated heterocycles. The van der Waals surface area contributed by atoms with Gasteiger partial charge in [-0.25, -0.2) is 9.67 Å². The van der Waals surface area contributed by atoms with E-state index in [-0.39, 0.29) is 18.8 Å². The summed E-state index contributed by atoms with van der Waals surface area (Å²) in [5.74, 6) is 0. The van der Waals surface area contributed by atoms with Crippen molar-refractivity contribution < 1.29 is 9.76 Å². The maximum absolute atomic E-state index is 10.9. The third-order valence-corrected chi connectivity index (χ3v) is 4.10. The minimum absolute atomic E-state index is 0.0105. The zero-order valence-corrected chi connectivity index (χ0v) is 15.3. The average Bonchev–Trinajstić information content (AvgIpc) is 3.14. The monoisotopic (exact) mass is 405 g/mol. The average molecular weight is 406 g/mol. The number of benzene rings is 2. The third-order valence-electron chi connectivity index (χ3n) is 3.55. The highest BCUT2D eigenvalue weighted by Gasteiger charge is 2.12. The molecule has 0 spiro atoms. The van der Waals surface area contributed by atoms with Crippen LogP contribution in [0.4, 0.5) is 5.69 Å². The molecule has 0 atom stereocenters. The van der Waals surface area contributed by atoms with Gasteiger partial charge in [-0.3, -0.25) is 10.1 Å². The van der Waals surface area contributed by atoms with E-state index in [1.165, 1.54) is 18.5 Å². The molecule has 0 fully saturated rings. The number of nitrogens with zero attached hydrogens (tertiary/aromatic N) is 5. The number of hydrogen-bond acceptors (Lipinski definition) is 6. The van der Waals surface area contributed by atoms with Gasteiger partial charge in [-0.1, -0.05) is 40.5 Å². The smallest absolute Gasteiger partial charge is 0.269 e. The maximum Gasteiger partial charge on any atom is 0.269 e. The number of aromatic nitrogens is 3. The van der Waals surface area contributed by atoms with E-state index in [4.69, 9.17) is 28.0 Å². The van der Waals surface area contributed by atoms with Gasteiger partial charge in [0, 0.05) is 22.7 Å². The lowest BCUT2D eigenvalue weighted by molar-refractivity contribution is -0.384.